The molecule has 3 N–H and O–H groups in total. The lowest BCUT2D eigenvalue weighted by molar-refractivity contribution is -0.0781. The first-order chi connectivity index (χ1) is 22.9. The molecule has 0 radical (unpaired) electrons. The number of ether oxygens (including phenoxy) is 1. The molecule has 7 heteroatoms. The van der Waals surface area contributed by atoms with Crippen molar-refractivity contribution in [2.24, 2.45) is 5.41 Å². The molecule has 6 rings (SSSR count). The molecule has 1 fully saturated rings. The fourth-order valence-electron chi connectivity index (χ4n) is 7.75. The van der Waals surface area contributed by atoms with E-state index in [1.54, 1.807) is 36.3 Å². The Morgan fingerprint density at radius 3 is 2.44 bits per heavy atom. The number of allylic oxidation sites excluding steroid dienone is 2. The van der Waals surface area contributed by atoms with Crippen LogP contribution in [-0.4, -0.2) is 58.3 Å². The molecular weight excluding hydrogens is 600 g/mol. The van der Waals surface area contributed by atoms with Crippen molar-refractivity contribution in [3.8, 4) is 5.75 Å². The number of benzene rings is 3. The van der Waals surface area contributed by atoms with Gasteiger partial charge in [0.15, 0.2) is 5.78 Å². The Hall–Kier alpha value is -3.94. The minimum absolute atomic E-state index is 0.0524. The molecule has 3 aromatic rings. The predicted molar refractivity (Wildman–Crippen MR) is 190 cm³/mol. The van der Waals surface area contributed by atoms with Crippen molar-refractivity contribution < 1.29 is 24.5 Å². The number of carbonyl (C=O) groups excluding carboxylic acids is 2. The normalized spacial score (nSPS) is 24.4. The summed E-state index contributed by atoms with van der Waals surface area (Å²) in [4.78, 5) is 29.7. The first kappa shape index (κ1) is 35.4. The Labute approximate surface area is 286 Å². The number of amides is 2. The number of aliphatic hydroxyl groups is 2. The second-order valence-electron chi connectivity index (χ2n) is 14.5. The van der Waals surface area contributed by atoms with E-state index in [4.69, 9.17) is 4.74 Å². The Kier molecular flexibility index (Phi) is 11.1. The number of hydrogen-bond donors (Lipinski definition) is 3. The van der Waals surface area contributed by atoms with E-state index in [1.807, 2.05) is 62.4 Å². The molecule has 0 saturated heterocycles. The molecule has 1 saturated carbocycles. The van der Waals surface area contributed by atoms with E-state index in [9.17, 15) is 19.8 Å². The zero-order valence-corrected chi connectivity index (χ0v) is 29.2. The number of aliphatic hydroxyl groups excluding tert-OH is 1. The van der Waals surface area contributed by atoms with Crippen molar-refractivity contribution in [3.63, 3.8) is 0 Å². The van der Waals surface area contributed by atoms with Gasteiger partial charge in [0.2, 0.25) is 0 Å². The van der Waals surface area contributed by atoms with Crippen molar-refractivity contribution in [1.29, 1.82) is 0 Å². The summed E-state index contributed by atoms with van der Waals surface area (Å²) < 4.78 is 5.34. The van der Waals surface area contributed by atoms with Gasteiger partial charge in [-0.3, -0.25) is 4.79 Å². The maximum Gasteiger partial charge on any atom is 0.317 e. The molecule has 7 nitrogen and oxygen atoms in total. The molecule has 0 spiro atoms. The van der Waals surface area contributed by atoms with E-state index in [2.05, 4.69) is 25.2 Å². The average Bonchev–Trinajstić information content (AvgIpc) is 3.32. The smallest absolute Gasteiger partial charge is 0.317 e. The monoisotopic (exact) mass is 652 g/mol. The van der Waals surface area contributed by atoms with Crippen LogP contribution in [0.5, 0.6) is 5.75 Å². The third-order valence-electron chi connectivity index (χ3n) is 10.6. The summed E-state index contributed by atoms with van der Waals surface area (Å²) in [6.45, 7) is 8.69. The summed E-state index contributed by atoms with van der Waals surface area (Å²) in [6.07, 6.45) is 6.18. The number of carbonyl (C=O) groups is 2. The molecule has 0 heterocycles. The third-order valence-corrected chi connectivity index (χ3v) is 10.6. The van der Waals surface area contributed by atoms with Crippen LogP contribution in [0, 0.1) is 5.41 Å². The van der Waals surface area contributed by atoms with Gasteiger partial charge in [0.25, 0.3) is 0 Å². The summed E-state index contributed by atoms with van der Waals surface area (Å²) >= 11 is 0. The quantitative estimate of drug-likeness (QED) is 0.172. The summed E-state index contributed by atoms with van der Waals surface area (Å²) in [5.74, 6) is 0.449. The molecule has 3 aliphatic rings. The molecule has 0 unspecified atom stereocenters. The second kappa shape index (κ2) is 15.1. The van der Waals surface area contributed by atoms with E-state index in [0.717, 1.165) is 29.5 Å². The fraction of sp³-hybridized carbons (Fsp3) is 0.463. The van der Waals surface area contributed by atoms with Crippen molar-refractivity contribution >= 4 is 11.8 Å². The molecular formula is C41H52N2O5. The van der Waals surface area contributed by atoms with Crippen LogP contribution >= 0.6 is 0 Å². The highest BCUT2D eigenvalue weighted by Gasteiger charge is 2.57. The Morgan fingerprint density at radius 2 is 1.75 bits per heavy atom. The van der Waals surface area contributed by atoms with Gasteiger partial charge >= 0.3 is 6.03 Å². The van der Waals surface area contributed by atoms with E-state index < -0.39 is 17.1 Å². The highest BCUT2D eigenvalue weighted by Crippen LogP contribution is 2.59. The lowest BCUT2D eigenvalue weighted by atomic mass is 9.64. The second-order valence-corrected chi connectivity index (χ2v) is 14.5. The van der Waals surface area contributed by atoms with Gasteiger partial charge in [-0.25, -0.2) is 4.79 Å². The lowest BCUT2D eigenvalue weighted by Gasteiger charge is -2.46. The van der Waals surface area contributed by atoms with E-state index in [-0.39, 0.29) is 30.3 Å². The van der Waals surface area contributed by atoms with E-state index in [1.165, 1.54) is 5.57 Å². The van der Waals surface area contributed by atoms with Crippen LogP contribution < -0.4 is 10.1 Å². The summed E-state index contributed by atoms with van der Waals surface area (Å²) in [7, 11) is 1.60. The van der Waals surface area contributed by atoms with Crippen LogP contribution in [0.3, 0.4) is 0 Å². The van der Waals surface area contributed by atoms with Crippen molar-refractivity contribution in [3.05, 3.63) is 112 Å². The van der Waals surface area contributed by atoms with Crippen LogP contribution in [0.4, 0.5) is 4.79 Å². The lowest BCUT2D eigenvalue weighted by Crippen LogP contribution is -2.55. The summed E-state index contributed by atoms with van der Waals surface area (Å²) in [6, 6.07) is 22.8. The Balaban J connectivity index is 1.59. The third kappa shape index (κ3) is 7.85. The molecule has 2 bridgehead atoms. The van der Waals surface area contributed by atoms with Crippen molar-refractivity contribution in [2.75, 3.05) is 13.7 Å². The molecule has 0 aliphatic heterocycles. The number of fused-ring (bicyclic) bond motifs is 8. The van der Waals surface area contributed by atoms with Gasteiger partial charge in [-0.2, -0.15) is 0 Å². The number of urea groups is 1. The zero-order chi connectivity index (χ0) is 34.5. The first-order valence-electron chi connectivity index (χ1n) is 17.4. The number of nitrogens with zero attached hydrogens (tertiary/aromatic N) is 1. The molecule has 256 valence electrons. The van der Waals surface area contributed by atoms with Crippen LogP contribution in [0.15, 0.2) is 84.4 Å². The van der Waals surface area contributed by atoms with E-state index >= 15 is 0 Å². The molecule has 2 amide bonds. The van der Waals surface area contributed by atoms with Crippen LogP contribution in [0.1, 0.15) is 105 Å². The molecule has 3 aromatic carbocycles. The maximum absolute atomic E-state index is 14.3. The number of nitrogens with one attached hydrogen (secondary N) is 1. The summed E-state index contributed by atoms with van der Waals surface area (Å²) in [5.41, 5.74) is 3.33. The zero-order valence-electron chi connectivity index (χ0n) is 29.2. The highest BCUT2D eigenvalue weighted by molar-refractivity contribution is 6.10. The summed E-state index contributed by atoms with van der Waals surface area (Å²) in [5, 5.41) is 26.8. The van der Waals surface area contributed by atoms with Crippen LogP contribution in [-0.2, 0) is 13.0 Å². The molecule has 4 atom stereocenters. The van der Waals surface area contributed by atoms with Gasteiger partial charge < -0.3 is 25.2 Å². The van der Waals surface area contributed by atoms with E-state index in [0.29, 0.717) is 55.5 Å². The van der Waals surface area contributed by atoms with Crippen LogP contribution in [0.2, 0.25) is 0 Å². The molecule has 3 aliphatic carbocycles. The van der Waals surface area contributed by atoms with Crippen molar-refractivity contribution in [1.82, 2.24) is 10.2 Å². The van der Waals surface area contributed by atoms with Crippen LogP contribution in [0.25, 0.3) is 0 Å². The van der Waals surface area contributed by atoms with Gasteiger partial charge in [-0.15, -0.1) is 0 Å². The number of methoxy groups -OCH3 is 1. The fourth-order valence-corrected chi connectivity index (χ4v) is 7.75. The number of hydrogen-bond acceptors (Lipinski definition) is 5. The maximum atomic E-state index is 14.3. The minimum Gasteiger partial charge on any atom is -0.497 e. The molecule has 48 heavy (non-hydrogen) atoms. The number of rotatable bonds is 8. The SMILES string of the molecule is COc1ccc(C(=O)c2cc3ccc2[C@@H]2CC[C@@](O)(CN(Cc4ccccc4)C(=O)NC(C)C)[C@@]2(C)CCC=C(C)CC[C@H](O)C3)cc1. The molecule has 0 aromatic heterocycles. The Bertz CT molecular complexity index is 1600. The standard InChI is InChI=1S/C41H52N2O5/c1-28(2)42-39(46)43(26-30-11-7-6-8-12-30)27-41(47)23-21-37-35-20-14-31(24-33(44)17-13-29(3)10-9-22-40(37,41)4)25-36(35)38(45)32-15-18-34(48-5)19-16-32/h6-8,10-12,14-16,18-20,25,28,33,37,44,47H,9,13,17,21-24,26-27H2,1-5H3,(H,42,46)/t33-,37-,40-,41+/m0/s1. The van der Waals surface area contributed by atoms with Gasteiger partial charge in [-0.05, 0) is 119 Å². The van der Waals surface area contributed by atoms with Crippen molar-refractivity contribution in [2.45, 2.75) is 103 Å². The largest absolute Gasteiger partial charge is 0.497 e. The van der Waals surface area contributed by atoms with Gasteiger partial charge in [-0.1, -0.05) is 61.0 Å². The van der Waals surface area contributed by atoms with Gasteiger partial charge in [0.1, 0.15) is 5.75 Å². The average molecular weight is 653 g/mol. The van der Waals surface area contributed by atoms with Gasteiger partial charge in [0.05, 0.1) is 25.4 Å². The first-order valence-corrected chi connectivity index (χ1v) is 17.4. The predicted octanol–water partition coefficient (Wildman–Crippen LogP) is 7.58. The Morgan fingerprint density at radius 1 is 1.02 bits per heavy atom. The highest BCUT2D eigenvalue weighted by atomic mass is 16.5. The number of ketones is 1. The minimum atomic E-state index is -1.21. The topological polar surface area (TPSA) is 99.1 Å². The van der Waals surface area contributed by atoms with Gasteiger partial charge in [0, 0.05) is 29.1 Å².